The van der Waals surface area contributed by atoms with Gasteiger partial charge >= 0.3 is 12.0 Å². The molecule has 0 fully saturated rings. The van der Waals surface area contributed by atoms with Gasteiger partial charge in [0, 0.05) is 19.6 Å². The van der Waals surface area contributed by atoms with Crippen LogP contribution in [0.25, 0.3) is 0 Å². The van der Waals surface area contributed by atoms with Gasteiger partial charge in [0.15, 0.2) is 0 Å². The van der Waals surface area contributed by atoms with Crippen molar-refractivity contribution in [1.29, 1.82) is 0 Å². The van der Waals surface area contributed by atoms with Gasteiger partial charge in [0.25, 0.3) is 0 Å². The van der Waals surface area contributed by atoms with E-state index in [0.717, 1.165) is 6.26 Å². The van der Waals surface area contributed by atoms with E-state index in [1.165, 1.54) is 0 Å². The Balaban J connectivity index is 3.90. The number of carbonyl (C=O) groups is 2. The standard InChI is InChI=1S/C10H21N3O5S/c1-7(2)8(9(14)15)6-12-10(16)11-4-5-13-19(3,17)18/h7-8,13H,4-6H2,1-3H3,(H,14,15)(H2,11,12,16). The summed E-state index contributed by atoms with van der Waals surface area (Å²) < 4.78 is 23.7. The van der Waals surface area contributed by atoms with Crippen LogP contribution in [0.1, 0.15) is 13.8 Å². The molecule has 0 spiro atoms. The zero-order valence-corrected chi connectivity index (χ0v) is 12.1. The molecular formula is C10H21N3O5S. The van der Waals surface area contributed by atoms with Crippen LogP contribution in [-0.4, -0.2) is 51.4 Å². The predicted molar refractivity (Wildman–Crippen MR) is 70.2 cm³/mol. The number of aliphatic carboxylic acids is 1. The van der Waals surface area contributed by atoms with Crippen molar-refractivity contribution in [2.45, 2.75) is 13.8 Å². The zero-order chi connectivity index (χ0) is 15.1. The van der Waals surface area contributed by atoms with Crippen molar-refractivity contribution >= 4 is 22.0 Å². The molecule has 0 heterocycles. The number of carboxylic acids is 1. The predicted octanol–water partition coefficient (Wildman–Crippen LogP) is -0.808. The molecule has 112 valence electrons. The smallest absolute Gasteiger partial charge is 0.314 e. The Morgan fingerprint density at radius 2 is 1.74 bits per heavy atom. The van der Waals surface area contributed by atoms with Crippen LogP contribution < -0.4 is 15.4 Å². The van der Waals surface area contributed by atoms with Gasteiger partial charge in [-0.2, -0.15) is 0 Å². The molecule has 4 N–H and O–H groups in total. The number of hydrogen-bond donors (Lipinski definition) is 4. The largest absolute Gasteiger partial charge is 0.481 e. The van der Waals surface area contributed by atoms with Crippen LogP contribution in [0, 0.1) is 11.8 Å². The molecule has 0 aliphatic rings. The number of hydrogen-bond acceptors (Lipinski definition) is 4. The lowest BCUT2D eigenvalue weighted by Gasteiger charge is -2.16. The lowest BCUT2D eigenvalue weighted by Crippen LogP contribution is -2.43. The number of amides is 2. The van der Waals surface area contributed by atoms with Crippen LogP contribution in [0.4, 0.5) is 4.79 Å². The maximum Gasteiger partial charge on any atom is 0.314 e. The molecule has 19 heavy (non-hydrogen) atoms. The first-order valence-corrected chi connectivity index (χ1v) is 7.71. The second-order valence-corrected chi connectivity index (χ2v) is 6.33. The highest BCUT2D eigenvalue weighted by molar-refractivity contribution is 7.88. The van der Waals surface area contributed by atoms with Crippen molar-refractivity contribution in [2.24, 2.45) is 11.8 Å². The van der Waals surface area contributed by atoms with Gasteiger partial charge in [0.1, 0.15) is 0 Å². The SMILES string of the molecule is CC(C)C(CNC(=O)NCCNS(C)(=O)=O)C(=O)O. The summed E-state index contributed by atoms with van der Waals surface area (Å²) in [7, 11) is -3.27. The number of nitrogens with one attached hydrogen (secondary N) is 3. The van der Waals surface area contributed by atoms with Crippen molar-refractivity contribution < 1.29 is 23.1 Å². The third-order valence-electron chi connectivity index (χ3n) is 2.38. The van der Waals surface area contributed by atoms with Crippen molar-refractivity contribution in [3.05, 3.63) is 0 Å². The van der Waals surface area contributed by atoms with Gasteiger partial charge in [-0.25, -0.2) is 17.9 Å². The Bertz CT molecular complexity index is 407. The molecule has 8 nitrogen and oxygen atoms in total. The fraction of sp³-hybridized carbons (Fsp3) is 0.800. The van der Waals surface area contributed by atoms with Gasteiger partial charge in [0.05, 0.1) is 12.2 Å². The minimum absolute atomic E-state index is 0.0261. The van der Waals surface area contributed by atoms with Gasteiger partial charge in [0.2, 0.25) is 10.0 Å². The van der Waals surface area contributed by atoms with Crippen LogP contribution >= 0.6 is 0 Å². The number of carboxylic acid groups (broad SMARTS) is 1. The lowest BCUT2D eigenvalue weighted by molar-refractivity contribution is -0.142. The topological polar surface area (TPSA) is 125 Å². The first-order chi connectivity index (χ1) is 8.63. The summed E-state index contributed by atoms with van der Waals surface area (Å²) in [6.45, 7) is 3.75. The average Bonchev–Trinajstić information content (AvgIpc) is 2.22. The third-order valence-corrected chi connectivity index (χ3v) is 3.11. The Morgan fingerprint density at radius 1 is 1.16 bits per heavy atom. The van der Waals surface area contributed by atoms with E-state index in [0.29, 0.717) is 0 Å². The highest BCUT2D eigenvalue weighted by Gasteiger charge is 2.21. The zero-order valence-electron chi connectivity index (χ0n) is 11.3. The average molecular weight is 295 g/mol. The van der Waals surface area contributed by atoms with Gasteiger partial charge in [-0.1, -0.05) is 13.8 Å². The van der Waals surface area contributed by atoms with E-state index in [1.807, 2.05) is 0 Å². The Morgan fingerprint density at radius 3 is 2.16 bits per heavy atom. The maximum atomic E-state index is 11.3. The van der Waals surface area contributed by atoms with E-state index in [2.05, 4.69) is 15.4 Å². The fourth-order valence-electron chi connectivity index (χ4n) is 1.29. The molecule has 0 aromatic carbocycles. The molecule has 0 saturated heterocycles. The van der Waals surface area contributed by atoms with Gasteiger partial charge in [-0.3, -0.25) is 4.79 Å². The van der Waals surface area contributed by atoms with Gasteiger partial charge in [-0.15, -0.1) is 0 Å². The number of carbonyl (C=O) groups excluding carboxylic acids is 1. The molecule has 0 aromatic rings. The molecule has 0 saturated carbocycles. The third kappa shape index (κ3) is 9.25. The Labute approximate surface area is 113 Å². The molecule has 0 aliphatic heterocycles. The van der Waals surface area contributed by atoms with Crippen LogP contribution in [0.3, 0.4) is 0 Å². The first kappa shape index (κ1) is 17.6. The molecule has 2 amide bonds. The number of sulfonamides is 1. The van der Waals surface area contributed by atoms with Crippen LogP contribution in [0.15, 0.2) is 0 Å². The summed E-state index contributed by atoms with van der Waals surface area (Å²) >= 11 is 0. The molecule has 0 radical (unpaired) electrons. The van der Waals surface area contributed by atoms with Crippen molar-refractivity contribution in [3.63, 3.8) is 0 Å². The van der Waals surface area contributed by atoms with E-state index in [9.17, 15) is 18.0 Å². The minimum atomic E-state index is -3.27. The molecule has 1 unspecified atom stereocenters. The van der Waals surface area contributed by atoms with E-state index in [1.54, 1.807) is 13.8 Å². The van der Waals surface area contributed by atoms with E-state index >= 15 is 0 Å². The molecule has 9 heteroatoms. The lowest BCUT2D eigenvalue weighted by atomic mass is 9.96. The maximum absolute atomic E-state index is 11.3. The summed E-state index contributed by atoms with van der Waals surface area (Å²) in [6, 6.07) is -0.526. The van der Waals surface area contributed by atoms with Crippen molar-refractivity contribution in [2.75, 3.05) is 25.9 Å². The summed E-state index contributed by atoms with van der Waals surface area (Å²) in [5.41, 5.74) is 0. The van der Waals surface area contributed by atoms with Crippen molar-refractivity contribution in [3.8, 4) is 0 Å². The molecule has 0 aromatic heterocycles. The monoisotopic (exact) mass is 295 g/mol. The second-order valence-electron chi connectivity index (χ2n) is 4.49. The second kappa shape index (κ2) is 7.95. The Kier molecular flexibility index (Phi) is 7.38. The highest BCUT2D eigenvalue weighted by atomic mass is 32.2. The molecular weight excluding hydrogens is 274 g/mol. The highest BCUT2D eigenvalue weighted by Crippen LogP contribution is 2.09. The number of urea groups is 1. The number of rotatable bonds is 8. The Hall–Kier alpha value is -1.35. The molecule has 1 atom stereocenters. The van der Waals surface area contributed by atoms with Crippen molar-refractivity contribution in [1.82, 2.24) is 15.4 Å². The van der Waals surface area contributed by atoms with Crippen LogP contribution in [-0.2, 0) is 14.8 Å². The quantitative estimate of drug-likeness (QED) is 0.436. The van der Waals surface area contributed by atoms with E-state index in [-0.39, 0.29) is 25.6 Å². The van der Waals surface area contributed by atoms with Crippen LogP contribution in [0.2, 0.25) is 0 Å². The van der Waals surface area contributed by atoms with Crippen LogP contribution in [0.5, 0.6) is 0 Å². The van der Waals surface area contributed by atoms with Gasteiger partial charge < -0.3 is 15.7 Å². The molecule has 0 rings (SSSR count). The minimum Gasteiger partial charge on any atom is -0.481 e. The summed E-state index contributed by atoms with van der Waals surface area (Å²) in [4.78, 5) is 22.2. The molecule has 0 bridgehead atoms. The summed E-state index contributed by atoms with van der Waals surface area (Å²) in [6.07, 6.45) is 1.02. The van der Waals surface area contributed by atoms with E-state index < -0.39 is 27.9 Å². The summed E-state index contributed by atoms with van der Waals surface area (Å²) in [5, 5.41) is 13.8. The normalized spacial score (nSPS) is 13.1. The first-order valence-electron chi connectivity index (χ1n) is 5.82. The summed E-state index contributed by atoms with van der Waals surface area (Å²) in [5.74, 6) is -1.71. The fourth-order valence-corrected chi connectivity index (χ4v) is 1.76. The van der Waals surface area contributed by atoms with E-state index in [4.69, 9.17) is 5.11 Å². The van der Waals surface area contributed by atoms with Gasteiger partial charge in [-0.05, 0) is 5.92 Å². The molecule has 0 aliphatic carbocycles.